The van der Waals surface area contributed by atoms with E-state index in [-0.39, 0.29) is 6.04 Å². The minimum Gasteiger partial charge on any atom is -0.335 e. The summed E-state index contributed by atoms with van der Waals surface area (Å²) in [5, 5.41) is 4.79. The Balaban J connectivity index is 1.71. The first-order valence-corrected chi connectivity index (χ1v) is 13.0. The highest BCUT2D eigenvalue weighted by Gasteiger charge is 2.31. The number of benzene rings is 5. The molecule has 0 unspecified atom stereocenters. The fourth-order valence-electron chi connectivity index (χ4n) is 6.53. The van der Waals surface area contributed by atoms with E-state index < -0.39 is 0 Å². The topological polar surface area (TPSA) is 17.5 Å². The monoisotopic (exact) mass is 488 g/mol. The maximum Gasteiger partial charge on any atom is 0.188 e. The summed E-state index contributed by atoms with van der Waals surface area (Å²) in [6.07, 6.45) is 0. The van der Waals surface area contributed by atoms with Crippen LogP contribution < -0.4 is 4.90 Å². The predicted octanol–water partition coefficient (Wildman–Crippen LogP) is 9.29. The zero-order valence-corrected chi connectivity index (χ0v) is 21.2. The molecule has 4 nitrogen and oxygen atoms in total. The van der Waals surface area contributed by atoms with Gasteiger partial charge in [0.05, 0.1) is 45.7 Å². The van der Waals surface area contributed by atoms with E-state index in [1.165, 1.54) is 49.8 Å². The summed E-state index contributed by atoms with van der Waals surface area (Å²) in [4.78, 5) is 6.28. The molecule has 0 aliphatic carbocycles. The van der Waals surface area contributed by atoms with Crippen LogP contribution in [0.25, 0.3) is 59.8 Å². The van der Waals surface area contributed by atoms with Gasteiger partial charge >= 0.3 is 0 Å². The lowest BCUT2D eigenvalue weighted by atomic mass is 10.0. The van der Waals surface area contributed by atoms with Gasteiger partial charge in [-0.15, -0.1) is 0 Å². The van der Waals surface area contributed by atoms with E-state index in [0.29, 0.717) is 5.69 Å². The normalized spacial score (nSPS) is 12.6. The molecule has 5 aromatic carbocycles. The van der Waals surface area contributed by atoms with Crippen molar-refractivity contribution in [2.24, 2.45) is 0 Å². The van der Waals surface area contributed by atoms with Crippen LogP contribution in [0.1, 0.15) is 13.8 Å². The van der Waals surface area contributed by atoms with Crippen molar-refractivity contribution >= 4 is 60.7 Å². The van der Waals surface area contributed by atoms with Crippen LogP contribution in [0.4, 0.5) is 17.1 Å². The Bertz CT molecular complexity index is 2120. The van der Waals surface area contributed by atoms with E-state index in [1.807, 2.05) is 6.07 Å². The Hall–Kier alpha value is -5.01. The van der Waals surface area contributed by atoms with Crippen LogP contribution in [0.2, 0.25) is 0 Å². The smallest absolute Gasteiger partial charge is 0.188 e. The Morgan fingerprint density at radius 2 is 1.32 bits per heavy atom. The SMILES string of the molecule is [C-]#[N+]c1ccc2c(c1)c1c3c4ccccc4n(-c4ccccc4)c3cc3c1n2-c1ccccc1N3C(C)C. The van der Waals surface area contributed by atoms with Crippen molar-refractivity contribution in [1.29, 1.82) is 0 Å². The van der Waals surface area contributed by atoms with Crippen molar-refractivity contribution in [2.75, 3.05) is 4.90 Å². The molecule has 180 valence electrons. The summed E-state index contributed by atoms with van der Waals surface area (Å²) >= 11 is 0. The molecule has 0 radical (unpaired) electrons. The summed E-state index contributed by atoms with van der Waals surface area (Å²) in [5.41, 5.74) is 10.1. The zero-order valence-electron chi connectivity index (χ0n) is 21.2. The molecule has 0 amide bonds. The highest BCUT2D eigenvalue weighted by atomic mass is 15.2. The summed E-state index contributed by atoms with van der Waals surface area (Å²) in [5.74, 6) is 0. The van der Waals surface area contributed by atoms with Crippen LogP contribution in [-0.2, 0) is 0 Å². The average Bonchev–Trinajstić information content (AvgIpc) is 3.46. The number of para-hydroxylation sites is 4. The molecule has 0 fully saturated rings. The summed E-state index contributed by atoms with van der Waals surface area (Å²) < 4.78 is 4.80. The van der Waals surface area contributed by atoms with Gasteiger partial charge in [-0.1, -0.05) is 54.6 Å². The number of fused-ring (bicyclic) bond motifs is 9. The number of rotatable bonds is 2. The highest BCUT2D eigenvalue weighted by molar-refractivity contribution is 6.32. The fraction of sp³-hybridized carbons (Fsp3) is 0.0882. The molecule has 1 aliphatic heterocycles. The molecule has 8 rings (SSSR count). The molecule has 0 saturated carbocycles. The average molecular weight is 489 g/mol. The fourth-order valence-corrected chi connectivity index (χ4v) is 6.53. The summed E-state index contributed by atoms with van der Waals surface area (Å²) in [6, 6.07) is 36.8. The van der Waals surface area contributed by atoms with E-state index in [9.17, 15) is 0 Å². The maximum atomic E-state index is 7.76. The second-order valence-corrected chi connectivity index (χ2v) is 10.3. The quantitative estimate of drug-likeness (QED) is 0.222. The first kappa shape index (κ1) is 21.1. The van der Waals surface area contributed by atoms with Crippen molar-refractivity contribution < 1.29 is 0 Å². The molecule has 1 aliphatic rings. The van der Waals surface area contributed by atoms with Crippen molar-refractivity contribution in [3.05, 3.63) is 115 Å². The third-order valence-electron chi connectivity index (χ3n) is 7.93. The number of aromatic nitrogens is 2. The van der Waals surface area contributed by atoms with Crippen molar-refractivity contribution in [2.45, 2.75) is 19.9 Å². The number of hydrogen-bond acceptors (Lipinski definition) is 1. The van der Waals surface area contributed by atoms with Gasteiger partial charge in [-0.3, -0.25) is 0 Å². The molecule has 3 heterocycles. The van der Waals surface area contributed by atoms with Gasteiger partial charge < -0.3 is 14.0 Å². The minimum absolute atomic E-state index is 0.261. The molecular formula is C34H24N4. The standard InChI is InChI=1S/C34H24N4/c1-21(2)36-28-15-9-10-16-29(28)38-27-18-17-22(35-3)19-25(27)33-32-24-13-7-8-14-26(24)37(23-11-5-4-6-12-23)30(32)20-31(36)34(33)38/h4-21H,1-2H3. The second-order valence-electron chi connectivity index (χ2n) is 10.3. The van der Waals surface area contributed by atoms with E-state index in [2.05, 4.69) is 130 Å². The molecule has 0 N–H and O–H groups in total. The molecule has 0 bridgehead atoms. The van der Waals surface area contributed by atoms with Crippen molar-refractivity contribution in [3.8, 4) is 11.4 Å². The lowest BCUT2D eigenvalue weighted by Crippen LogP contribution is -2.29. The second kappa shape index (κ2) is 7.50. The van der Waals surface area contributed by atoms with E-state index in [0.717, 1.165) is 16.6 Å². The lowest BCUT2D eigenvalue weighted by molar-refractivity contribution is 0.782. The van der Waals surface area contributed by atoms with Crippen LogP contribution >= 0.6 is 0 Å². The van der Waals surface area contributed by atoms with Gasteiger partial charge in [-0.05, 0) is 67.8 Å². The van der Waals surface area contributed by atoms with Crippen molar-refractivity contribution in [1.82, 2.24) is 9.13 Å². The third kappa shape index (κ3) is 2.58. The van der Waals surface area contributed by atoms with E-state index >= 15 is 0 Å². The highest BCUT2D eigenvalue weighted by Crippen LogP contribution is 2.52. The Morgan fingerprint density at radius 1 is 0.605 bits per heavy atom. The van der Waals surface area contributed by atoms with Gasteiger partial charge in [-0.25, -0.2) is 4.85 Å². The first-order valence-electron chi connectivity index (χ1n) is 13.0. The van der Waals surface area contributed by atoms with Crippen molar-refractivity contribution in [3.63, 3.8) is 0 Å². The molecule has 0 saturated heterocycles. The summed E-state index contributed by atoms with van der Waals surface area (Å²) in [6.45, 7) is 12.3. The summed E-state index contributed by atoms with van der Waals surface area (Å²) in [7, 11) is 0. The van der Waals surface area contributed by atoms with Gasteiger partial charge in [0.1, 0.15) is 0 Å². The van der Waals surface area contributed by atoms with Crippen LogP contribution in [0, 0.1) is 6.57 Å². The molecule has 2 aromatic heterocycles. The van der Waals surface area contributed by atoms with Gasteiger partial charge in [0.25, 0.3) is 0 Å². The Kier molecular flexibility index (Phi) is 4.17. The van der Waals surface area contributed by atoms with Crippen LogP contribution in [0.5, 0.6) is 0 Å². The number of anilines is 2. The van der Waals surface area contributed by atoms with Gasteiger partial charge in [-0.2, -0.15) is 0 Å². The first-order chi connectivity index (χ1) is 18.7. The number of nitrogens with zero attached hydrogens (tertiary/aromatic N) is 4. The van der Waals surface area contributed by atoms with E-state index in [4.69, 9.17) is 6.57 Å². The zero-order chi connectivity index (χ0) is 25.5. The minimum atomic E-state index is 0.261. The predicted molar refractivity (Wildman–Crippen MR) is 159 cm³/mol. The largest absolute Gasteiger partial charge is 0.335 e. The van der Waals surface area contributed by atoms with Gasteiger partial charge in [0.2, 0.25) is 0 Å². The van der Waals surface area contributed by atoms with Gasteiger partial charge in [0, 0.05) is 27.9 Å². The van der Waals surface area contributed by atoms with E-state index in [1.54, 1.807) is 0 Å². The molecule has 38 heavy (non-hydrogen) atoms. The van der Waals surface area contributed by atoms with Gasteiger partial charge in [0.15, 0.2) is 5.69 Å². The Morgan fingerprint density at radius 3 is 2.11 bits per heavy atom. The molecule has 4 heteroatoms. The number of hydrogen-bond donors (Lipinski definition) is 0. The van der Waals surface area contributed by atoms with Crippen LogP contribution in [0.15, 0.2) is 103 Å². The third-order valence-corrected chi connectivity index (χ3v) is 7.93. The van der Waals surface area contributed by atoms with Crippen LogP contribution in [-0.4, -0.2) is 15.2 Å². The molecular weight excluding hydrogens is 464 g/mol. The maximum absolute atomic E-state index is 7.76. The van der Waals surface area contributed by atoms with Crippen LogP contribution in [0.3, 0.4) is 0 Å². The molecule has 0 spiro atoms. The molecule has 7 aromatic rings. The lowest BCUT2D eigenvalue weighted by Gasteiger charge is -2.36. The molecule has 0 atom stereocenters. The Labute approximate surface area is 220 Å².